The Morgan fingerprint density at radius 2 is 2.00 bits per heavy atom. The first-order valence-electron chi connectivity index (χ1n) is 7.95. The zero-order valence-electron chi connectivity index (χ0n) is 13.2. The molecular weight excluding hydrogens is 254 g/mol. The number of carbonyl (C=O) groups is 1. The van der Waals surface area contributed by atoms with Gasteiger partial charge in [0, 0.05) is 19.6 Å². The summed E-state index contributed by atoms with van der Waals surface area (Å²) in [5.74, 6) is 1.05. The van der Waals surface area contributed by atoms with E-state index in [9.17, 15) is 9.90 Å². The number of nitrogens with one attached hydrogen (secondary N) is 2. The number of hydrogen-bond acceptors (Lipinski definition) is 3. The van der Waals surface area contributed by atoms with E-state index in [-0.39, 0.29) is 11.9 Å². The molecule has 0 aliphatic carbocycles. The van der Waals surface area contributed by atoms with Crippen LogP contribution in [-0.2, 0) is 0 Å². The van der Waals surface area contributed by atoms with Crippen LogP contribution < -0.4 is 10.6 Å². The van der Waals surface area contributed by atoms with Crippen LogP contribution in [0.5, 0.6) is 0 Å². The fourth-order valence-corrected chi connectivity index (χ4v) is 2.35. The summed E-state index contributed by atoms with van der Waals surface area (Å²) in [5.41, 5.74) is 0. The minimum absolute atomic E-state index is 0.183. The Morgan fingerprint density at radius 3 is 2.60 bits per heavy atom. The van der Waals surface area contributed by atoms with Crippen molar-refractivity contribution in [1.29, 1.82) is 0 Å². The summed E-state index contributed by atoms with van der Waals surface area (Å²) < 4.78 is 0. The summed E-state index contributed by atoms with van der Waals surface area (Å²) in [5, 5.41) is 15.3. The summed E-state index contributed by atoms with van der Waals surface area (Å²) in [6, 6.07) is -0.183. The summed E-state index contributed by atoms with van der Waals surface area (Å²) in [7, 11) is 0. The summed E-state index contributed by atoms with van der Waals surface area (Å²) in [6.07, 6.45) is 2.97. The molecule has 1 aliphatic rings. The lowest BCUT2D eigenvalue weighted by Gasteiger charge is -2.30. The molecule has 0 radical (unpaired) electrons. The Balaban J connectivity index is 2.05. The average Bonchev–Trinajstić information content (AvgIpc) is 2.46. The highest BCUT2D eigenvalue weighted by atomic mass is 16.3. The normalized spacial score (nSPS) is 20.4. The average molecular weight is 285 g/mol. The van der Waals surface area contributed by atoms with Crippen LogP contribution in [0.4, 0.5) is 4.79 Å². The molecule has 5 nitrogen and oxygen atoms in total. The van der Waals surface area contributed by atoms with E-state index in [1.54, 1.807) is 0 Å². The summed E-state index contributed by atoms with van der Waals surface area (Å²) in [6.45, 7) is 10.5. The molecule has 2 atom stereocenters. The Hall–Kier alpha value is -0.810. The van der Waals surface area contributed by atoms with Gasteiger partial charge in [-0.15, -0.1) is 0 Å². The molecule has 1 saturated heterocycles. The van der Waals surface area contributed by atoms with Gasteiger partial charge in [-0.1, -0.05) is 27.2 Å². The Morgan fingerprint density at radius 1 is 1.35 bits per heavy atom. The first kappa shape index (κ1) is 17.2. The van der Waals surface area contributed by atoms with Gasteiger partial charge in [0.2, 0.25) is 0 Å². The maximum absolute atomic E-state index is 11.6. The van der Waals surface area contributed by atoms with E-state index in [2.05, 4.69) is 22.5 Å². The van der Waals surface area contributed by atoms with Gasteiger partial charge < -0.3 is 20.6 Å². The molecule has 0 spiro atoms. The Kier molecular flexibility index (Phi) is 7.92. The van der Waals surface area contributed by atoms with Crippen LogP contribution in [0.3, 0.4) is 0 Å². The van der Waals surface area contributed by atoms with Crippen molar-refractivity contribution in [2.45, 2.75) is 46.1 Å². The number of rotatable bonds is 7. The standard InChI is InChI=1S/C15H31N3O2/c1-4-13(3)14(19)11-17-15(20)16-7-10-18-8-5-12(2)6-9-18/h12-14,19H,4-11H2,1-3H3,(H2,16,17,20). The predicted molar refractivity (Wildman–Crippen MR) is 81.7 cm³/mol. The van der Waals surface area contributed by atoms with Crippen molar-refractivity contribution in [3.63, 3.8) is 0 Å². The van der Waals surface area contributed by atoms with Gasteiger partial charge in [-0.3, -0.25) is 0 Å². The van der Waals surface area contributed by atoms with Crippen LogP contribution in [0, 0.1) is 11.8 Å². The third-order valence-corrected chi connectivity index (χ3v) is 4.36. The van der Waals surface area contributed by atoms with E-state index in [0.717, 1.165) is 32.0 Å². The molecule has 0 saturated carbocycles. The lowest BCUT2D eigenvalue weighted by atomic mass is 9.99. The van der Waals surface area contributed by atoms with Crippen LogP contribution in [0.2, 0.25) is 0 Å². The molecule has 1 heterocycles. The molecule has 118 valence electrons. The van der Waals surface area contributed by atoms with Gasteiger partial charge in [-0.25, -0.2) is 4.79 Å². The van der Waals surface area contributed by atoms with Crippen molar-refractivity contribution >= 4 is 6.03 Å². The van der Waals surface area contributed by atoms with Gasteiger partial charge in [0.05, 0.1) is 6.10 Å². The first-order chi connectivity index (χ1) is 9.52. The lowest BCUT2D eigenvalue weighted by Crippen LogP contribution is -2.44. The van der Waals surface area contributed by atoms with Gasteiger partial charge in [-0.05, 0) is 37.8 Å². The number of aliphatic hydroxyl groups excluding tert-OH is 1. The largest absolute Gasteiger partial charge is 0.391 e. The minimum atomic E-state index is -0.464. The van der Waals surface area contributed by atoms with E-state index in [0.29, 0.717) is 13.1 Å². The summed E-state index contributed by atoms with van der Waals surface area (Å²) >= 11 is 0. The topological polar surface area (TPSA) is 64.6 Å². The molecule has 1 rings (SSSR count). The van der Waals surface area contributed by atoms with Gasteiger partial charge in [-0.2, -0.15) is 0 Å². The smallest absolute Gasteiger partial charge is 0.314 e. The highest BCUT2D eigenvalue weighted by Gasteiger charge is 2.16. The van der Waals surface area contributed by atoms with Crippen molar-refractivity contribution in [1.82, 2.24) is 15.5 Å². The summed E-state index contributed by atoms with van der Waals surface area (Å²) in [4.78, 5) is 14.0. The van der Waals surface area contributed by atoms with Crippen LogP contribution in [0.15, 0.2) is 0 Å². The van der Waals surface area contributed by atoms with Gasteiger partial charge in [0.1, 0.15) is 0 Å². The zero-order valence-corrected chi connectivity index (χ0v) is 13.2. The molecule has 0 aromatic rings. The number of amides is 2. The fourth-order valence-electron chi connectivity index (χ4n) is 2.35. The van der Waals surface area contributed by atoms with Crippen molar-refractivity contribution in [3.8, 4) is 0 Å². The number of urea groups is 1. The molecule has 1 fully saturated rings. The molecular formula is C15H31N3O2. The maximum Gasteiger partial charge on any atom is 0.314 e. The van der Waals surface area contributed by atoms with E-state index >= 15 is 0 Å². The van der Waals surface area contributed by atoms with Crippen LogP contribution in [0.1, 0.15) is 40.0 Å². The molecule has 1 aliphatic heterocycles. The molecule has 0 aromatic heterocycles. The van der Waals surface area contributed by atoms with Gasteiger partial charge in [0.15, 0.2) is 0 Å². The van der Waals surface area contributed by atoms with E-state index in [4.69, 9.17) is 0 Å². The highest BCUT2D eigenvalue weighted by molar-refractivity contribution is 5.73. The number of aliphatic hydroxyl groups is 1. The Labute approximate surface area is 123 Å². The number of nitrogens with zero attached hydrogens (tertiary/aromatic N) is 1. The lowest BCUT2D eigenvalue weighted by molar-refractivity contribution is 0.114. The van der Waals surface area contributed by atoms with Crippen LogP contribution in [-0.4, -0.2) is 54.9 Å². The monoisotopic (exact) mass is 285 g/mol. The molecule has 2 amide bonds. The molecule has 2 unspecified atom stereocenters. The van der Waals surface area contributed by atoms with E-state index in [1.807, 2.05) is 13.8 Å². The number of carbonyl (C=O) groups excluding carboxylic acids is 1. The third-order valence-electron chi connectivity index (χ3n) is 4.36. The van der Waals surface area contributed by atoms with E-state index in [1.165, 1.54) is 12.8 Å². The predicted octanol–water partition coefficient (Wildman–Crippen LogP) is 1.42. The second kappa shape index (κ2) is 9.19. The quantitative estimate of drug-likeness (QED) is 0.663. The SMILES string of the molecule is CCC(C)C(O)CNC(=O)NCCN1CCC(C)CC1. The Bertz CT molecular complexity index is 278. The minimum Gasteiger partial charge on any atom is -0.391 e. The van der Waals surface area contributed by atoms with Crippen molar-refractivity contribution < 1.29 is 9.90 Å². The highest BCUT2D eigenvalue weighted by Crippen LogP contribution is 2.15. The third kappa shape index (κ3) is 6.57. The van der Waals surface area contributed by atoms with Crippen LogP contribution in [0.25, 0.3) is 0 Å². The second-order valence-electron chi connectivity index (χ2n) is 6.11. The zero-order chi connectivity index (χ0) is 15.0. The maximum atomic E-state index is 11.6. The molecule has 3 N–H and O–H groups in total. The van der Waals surface area contributed by atoms with Crippen molar-refractivity contribution in [2.75, 3.05) is 32.7 Å². The molecule has 0 aromatic carbocycles. The van der Waals surface area contributed by atoms with E-state index < -0.39 is 6.10 Å². The van der Waals surface area contributed by atoms with Crippen LogP contribution >= 0.6 is 0 Å². The first-order valence-corrected chi connectivity index (χ1v) is 7.95. The second-order valence-corrected chi connectivity index (χ2v) is 6.11. The fraction of sp³-hybridized carbons (Fsp3) is 0.933. The van der Waals surface area contributed by atoms with Gasteiger partial charge >= 0.3 is 6.03 Å². The molecule has 5 heteroatoms. The number of hydrogen-bond donors (Lipinski definition) is 3. The molecule has 20 heavy (non-hydrogen) atoms. The van der Waals surface area contributed by atoms with Crippen molar-refractivity contribution in [3.05, 3.63) is 0 Å². The number of likely N-dealkylation sites (tertiary alicyclic amines) is 1. The van der Waals surface area contributed by atoms with Crippen molar-refractivity contribution in [2.24, 2.45) is 11.8 Å². The molecule has 0 bridgehead atoms. The number of piperidine rings is 1. The van der Waals surface area contributed by atoms with Gasteiger partial charge in [0.25, 0.3) is 0 Å².